The van der Waals surface area contributed by atoms with E-state index in [1.807, 2.05) is 20.8 Å². The molecule has 0 bridgehead atoms. The van der Waals surface area contributed by atoms with Gasteiger partial charge in [-0.05, 0) is 60.3 Å². The van der Waals surface area contributed by atoms with Crippen molar-refractivity contribution >= 4 is 6.09 Å². The smallest absolute Gasteiger partial charge is 0.407 e. The molecular weight excluding hydrogens is 290 g/mol. The minimum atomic E-state index is -0.425. The lowest BCUT2D eigenvalue weighted by molar-refractivity contribution is 0.0407. The van der Waals surface area contributed by atoms with Gasteiger partial charge in [-0.1, -0.05) is 0 Å². The Morgan fingerprint density at radius 2 is 1.78 bits per heavy atom. The minimum absolute atomic E-state index is 0.256. The summed E-state index contributed by atoms with van der Waals surface area (Å²) in [6.45, 7) is 14.9. The molecule has 134 valence electrons. The Labute approximate surface area is 141 Å². The van der Waals surface area contributed by atoms with Gasteiger partial charge in [-0.2, -0.15) is 0 Å². The second-order valence-electron chi connectivity index (χ2n) is 8.33. The maximum absolute atomic E-state index is 12.0. The summed E-state index contributed by atoms with van der Waals surface area (Å²) < 4.78 is 5.39. The highest BCUT2D eigenvalue weighted by Gasteiger charge is 2.30. The number of nitrogens with one attached hydrogen (secondary N) is 1. The van der Waals surface area contributed by atoms with Crippen LogP contribution >= 0.6 is 0 Å². The lowest BCUT2D eigenvalue weighted by Gasteiger charge is -2.43. The van der Waals surface area contributed by atoms with Crippen LogP contribution < -0.4 is 5.32 Å². The third-order valence-corrected chi connectivity index (χ3v) is 4.96. The Morgan fingerprint density at radius 3 is 2.35 bits per heavy atom. The van der Waals surface area contributed by atoms with Crippen LogP contribution in [0.25, 0.3) is 0 Å². The normalized spacial score (nSPS) is 27.9. The first-order valence-corrected chi connectivity index (χ1v) is 9.22. The SMILES string of the molecule is CC(C)N1CCN([C@H]2CCC[C@H](NC(=O)OC(C)(C)C)C2)CC1. The van der Waals surface area contributed by atoms with Crippen LogP contribution in [0.4, 0.5) is 4.79 Å². The standard InChI is InChI=1S/C18H35N3O2/c1-14(2)20-9-11-21(12-10-20)16-8-6-7-15(13-16)19-17(22)23-18(3,4)5/h14-16H,6-13H2,1-5H3,(H,19,22)/t15-,16-/m0/s1. The molecule has 0 aromatic heterocycles. The Kier molecular flexibility index (Phi) is 6.32. The summed E-state index contributed by atoms with van der Waals surface area (Å²) in [5.41, 5.74) is -0.425. The van der Waals surface area contributed by atoms with Crippen LogP contribution in [0.3, 0.4) is 0 Å². The molecular formula is C18H35N3O2. The number of rotatable bonds is 3. The van der Waals surface area contributed by atoms with Crippen molar-refractivity contribution in [2.75, 3.05) is 26.2 Å². The van der Waals surface area contributed by atoms with Gasteiger partial charge in [-0.15, -0.1) is 0 Å². The average Bonchev–Trinajstić information content (AvgIpc) is 2.45. The van der Waals surface area contributed by atoms with E-state index in [1.165, 1.54) is 25.9 Å². The fourth-order valence-corrected chi connectivity index (χ4v) is 3.72. The van der Waals surface area contributed by atoms with Gasteiger partial charge in [0, 0.05) is 44.3 Å². The van der Waals surface area contributed by atoms with E-state index in [1.54, 1.807) is 0 Å². The fourth-order valence-electron chi connectivity index (χ4n) is 3.72. The molecule has 2 aliphatic rings. The largest absolute Gasteiger partial charge is 0.444 e. The topological polar surface area (TPSA) is 44.8 Å². The van der Waals surface area contributed by atoms with Crippen LogP contribution in [-0.4, -0.2) is 65.8 Å². The monoisotopic (exact) mass is 325 g/mol. The molecule has 0 spiro atoms. The average molecular weight is 325 g/mol. The summed E-state index contributed by atoms with van der Waals surface area (Å²) in [5, 5.41) is 3.07. The number of ether oxygens (including phenoxy) is 1. The second kappa shape index (κ2) is 7.84. The van der Waals surface area contributed by atoms with E-state index < -0.39 is 5.60 Å². The zero-order valence-corrected chi connectivity index (χ0v) is 15.6. The molecule has 0 aromatic carbocycles. The number of hydrogen-bond acceptors (Lipinski definition) is 4. The fraction of sp³-hybridized carbons (Fsp3) is 0.944. The number of nitrogens with zero attached hydrogens (tertiary/aromatic N) is 2. The number of amides is 1. The van der Waals surface area contributed by atoms with Crippen LogP contribution in [0.2, 0.25) is 0 Å². The van der Waals surface area contributed by atoms with Crippen molar-refractivity contribution in [1.82, 2.24) is 15.1 Å². The Morgan fingerprint density at radius 1 is 1.13 bits per heavy atom. The number of carbonyl (C=O) groups is 1. The molecule has 1 saturated carbocycles. The molecule has 5 nitrogen and oxygen atoms in total. The molecule has 1 aliphatic carbocycles. The van der Waals surface area contributed by atoms with Crippen molar-refractivity contribution < 1.29 is 9.53 Å². The lowest BCUT2D eigenvalue weighted by Crippen LogP contribution is -2.54. The number of hydrogen-bond donors (Lipinski definition) is 1. The Hall–Kier alpha value is -0.810. The van der Waals surface area contributed by atoms with Gasteiger partial charge in [0.1, 0.15) is 5.60 Å². The predicted octanol–water partition coefficient (Wildman–Crippen LogP) is 2.85. The van der Waals surface area contributed by atoms with Gasteiger partial charge in [0.05, 0.1) is 0 Å². The molecule has 1 heterocycles. The van der Waals surface area contributed by atoms with Crippen LogP contribution in [0.5, 0.6) is 0 Å². The highest BCUT2D eigenvalue weighted by atomic mass is 16.6. The van der Waals surface area contributed by atoms with E-state index >= 15 is 0 Å². The van der Waals surface area contributed by atoms with Crippen LogP contribution in [0, 0.1) is 0 Å². The summed E-state index contributed by atoms with van der Waals surface area (Å²) in [7, 11) is 0. The van der Waals surface area contributed by atoms with Crippen molar-refractivity contribution in [3.05, 3.63) is 0 Å². The zero-order valence-electron chi connectivity index (χ0n) is 15.6. The maximum Gasteiger partial charge on any atom is 0.407 e. The zero-order chi connectivity index (χ0) is 17.0. The van der Waals surface area contributed by atoms with Gasteiger partial charge in [-0.3, -0.25) is 9.80 Å². The van der Waals surface area contributed by atoms with Gasteiger partial charge in [0.25, 0.3) is 0 Å². The Bertz CT molecular complexity index is 384. The van der Waals surface area contributed by atoms with Crippen molar-refractivity contribution in [2.24, 2.45) is 0 Å². The van der Waals surface area contributed by atoms with Gasteiger partial charge >= 0.3 is 6.09 Å². The molecule has 1 amide bonds. The molecule has 23 heavy (non-hydrogen) atoms. The first-order valence-electron chi connectivity index (χ1n) is 9.22. The molecule has 0 aromatic rings. The van der Waals surface area contributed by atoms with Gasteiger partial charge in [0.15, 0.2) is 0 Å². The molecule has 2 rings (SSSR count). The molecule has 1 N–H and O–H groups in total. The molecule has 5 heteroatoms. The van der Waals surface area contributed by atoms with E-state index in [9.17, 15) is 4.79 Å². The number of piperazine rings is 1. The molecule has 2 fully saturated rings. The third-order valence-electron chi connectivity index (χ3n) is 4.96. The first-order chi connectivity index (χ1) is 10.7. The summed E-state index contributed by atoms with van der Waals surface area (Å²) in [6.07, 6.45) is 4.31. The van der Waals surface area contributed by atoms with Crippen LogP contribution in [-0.2, 0) is 4.74 Å². The third kappa shape index (κ3) is 5.96. The summed E-state index contributed by atoms with van der Waals surface area (Å²) >= 11 is 0. The second-order valence-corrected chi connectivity index (χ2v) is 8.33. The minimum Gasteiger partial charge on any atom is -0.444 e. The summed E-state index contributed by atoms with van der Waals surface area (Å²) in [6, 6.07) is 1.51. The summed E-state index contributed by atoms with van der Waals surface area (Å²) in [4.78, 5) is 17.2. The lowest BCUT2D eigenvalue weighted by atomic mass is 9.89. The molecule has 1 aliphatic heterocycles. The van der Waals surface area contributed by atoms with Crippen molar-refractivity contribution in [3.63, 3.8) is 0 Å². The quantitative estimate of drug-likeness (QED) is 0.866. The molecule has 1 saturated heterocycles. The Balaban J connectivity index is 1.79. The van der Waals surface area contributed by atoms with Crippen molar-refractivity contribution in [3.8, 4) is 0 Å². The van der Waals surface area contributed by atoms with Crippen molar-refractivity contribution in [2.45, 2.75) is 84.0 Å². The van der Waals surface area contributed by atoms with E-state index in [2.05, 4.69) is 29.0 Å². The van der Waals surface area contributed by atoms with E-state index in [4.69, 9.17) is 4.74 Å². The van der Waals surface area contributed by atoms with Gasteiger partial charge in [0.2, 0.25) is 0 Å². The highest BCUT2D eigenvalue weighted by Crippen LogP contribution is 2.25. The van der Waals surface area contributed by atoms with E-state index in [0.717, 1.165) is 25.9 Å². The number of alkyl carbamates (subject to hydrolysis) is 1. The van der Waals surface area contributed by atoms with Crippen molar-refractivity contribution in [1.29, 1.82) is 0 Å². The first kappa shape index (κ1) is 18.5. The van der Waals surface area contributed by atoms with Gasteiger partial charge < -0.3 is 10.1 Å². The van der Waals surface area contributed by atoms with Crippen LogP contribution in [0.1, 0.15) is 60.3 Å². The number of carbonyl (C=O) groups excluding carboxylic acids is 1. The van der Waals surface area contributed by atoms with E-state index in [0.29, 0.717) is 12.1 Å². The highest BCUT2D eigenvalue weighted by molar-refractivity contribution is 5.68. The summed E-state index contributed by atoms with van der Waals surface area (Å²) in [5.74, 6) is 0. The molecule has 0 radical (unpaired) electrons. The van der Waals surface area contributed by atoms with E-state index in [-0.39, 0.29) is 12.1 Å². The maximum atomic E-state index is 12.0. The molecule has 0 unspecified atom stereocenters. The molecule has 2 atom stereocenters. The van der Waals surface area contributed by atoms with Crippen LogP contribution in [0.15, 0.2) is 0 Å². The predicted molar refractivity (Wildman–Crippen MR) is 93.7 cm³/mol. The van der Waals surface area contributed by atoms with Gasteiger partial charge in [-0.25, -0.2) is 4.79 Å².